The molecule has 0 aliphatic carbocycles. The SMILES string of the molecule is CCCCCCCCCCCCC(O[Si](C)(C)C(C)(C)C)C(C)(Br)CBr. The second-order valence-electron chi connectivity index (χ2n) is 9.75. The van der Waals surface area contributed by atoms with Gasteiger partial charge in [0, 0.05) is 5.33 Å². The van der Waals surface area contributed by atoms with Gasteiger partial charge in [-0.2, -0.15) is 0 Å². The van der Waals surface area contributed by atoms with E-state index in [1.165, 1.54) is 64.2 Å². The molecule has 1 nitrogen and oxygen atoms in total. The lowest BCUT2D eigenvalue weighted by molar-refractivity contribution is 0.141. The van der Waals surface area contributed by atoms with E-state index < -0.39 is 8.32 Å². The quantitative estimate of drug-likeness (QED) is 0.120. The van der Waals surface area contributed by atoms with Crippen molar-refractivity contribution in [1.29, 1.82) is 0 Å². The monoisotopic (exact) mass is 512 g/mol. The van der Waals surface area contributed by atoms with Crippen molar-refractivity contribution in [2.24, 2.45) is 0 Å². The summed E-state index contributed by atoms with van der Waals surface area (Å²) in [5, 5.41) is 1.19. The molecule has 0 spiro atoms. The normalized spacial score (nSPS) is 16.5. The van der Waals surface area contributed by atoms with Crippen molar-refractivity contribution in [2.45, 2.75) is 134 Å². The van der Waals surface area contributed by atoms with Crippen LogP contribution in [0.15, 0.2) is 0 Å². The number of halogens is 2. The Morgan fingerprint density at radius 3 is 1.62 bits per heavy atom. The Labute approximate surface area is 183 Å². The Bertz CT molecular complexity index is 351. The highest BCUT2D eigenvalue weighted by atomic mass is 79.9. The molecule has 0 aromatic rings. The molecule has 0 bridgehead atoms. The van der Waals surface area contributed by atoms with Gasteiger partial charge in [0.05, 0.1) is 10.4 Å². The van der Waals surface area contributed by atoms with E-state index >= 15 is 0 Å². The van der Waals surface area contributed by atoms with Crippen LogP contribution in [0, 0.1) is 0 Å². The average Bonchev–Trinajstić information content (AvgIpc) is 2.54. The molecule has 0 fully saturated rings. The summed E-state index contributed by atoms with van der Waals surface area (Å²) in [7, 11) is -1.74. The van der Waals surface area contributed by atoms with Crippen LogP contribution < -0.4 is 0 Å². The number of hydrogen-bond donors (Lipinski definition) is 0. The molecule has 0 aliphatic heterocycles. The van der Waals surface area contributed by atoms with Gasteiger partial charge in [0.15, 0.2) is 8.32 Å². The molecule has 0 heterocycles. The lowest BCUT2D eigenvalue weighted by Gasteiger charge is -2.43. The summed E-state index contributed by atoms with van der Waals surface area (Å²) in [5.41, 5.74) is 0. The first-order valence-electron chi connectivity index (χ1n) is 10.9. The van der Waals surface area contributed by atoms with E-state index in [0.717, 1.165) is 11.8 Å². The third kappa shape index (κ3) is 11.2. The zero-order valence-corrected chi connectivity index (χ0v) is 22.9. The Morgan fingerprint density at radius 1 is 0.808 bits per heavy atom. The van der Waals surface area contributed by atoms with Gasteiger partial charge in [-0.3, -0.25) is 0 Å². The molecule has 0 aromatic heterocycles. The van der Waals surface area contributed by atoms with Crippen LogP contribution in [0.1, 0.15) is 105 Å². The minimum atomic E-state index is -1.74. The summed E-state index contributed by atoms with van der Waals surface area (Å²) in [4.78, 5) is 0. The molecule has 0 amide bonds. The van der Waals surface area contributed by atoms with Crippen molar-refractivity contribution in [2.75, 3.05) is 5.33 Å². The van der Waals surface area contributed by atoms with E-state index in [2.05, 4.69) is 79.6 Å². The van der Waals surface area contributed by atoms with Gasteiger partial charge in [0.1, 0.15) is 0 Å². The molecular formula is C22H46Br2OSi. The van der Waals surface area contributed by atoms with Crippen LogP contribution in [0.25, 0.3) is 0 Å². The molecule has 2 atom stereocenters. The third-order valence-corrected chi connectivity index (χ3v) is 13.2. The molecule has 0 saturated carbocycles. The lowest BCUT2D eigenvalue weighted by atomic mass is 9.99. The Morgan fingerprint density at radius 2 is 1.23 bits per heavy atom. The van der Waals surface area contributed by atoms with Crippen molar-refractivity contribution >= 4 is 40.2 Å². The van der Waals surface area contributed by atoms with Gasteiger partial charge >= 0.3 is 0 Å². The summed E-state index contributed by atoms with van der Waals surface area (Å²) in [5.74, 6) is 0. The average molecular weight is 515 g/mol. The largest absolute Gasteiger partial charge is 0.412 e. The Kier molecular flexibility index (Phi) is 14.0. The molecular weight excluding hydrogens is 468 g/mol. The maximum absolute atomic E-state index is 6.80. The first-order valence-corrected chi connectivity index (χ1v) is 15.7. The number of hydrogen-bond acceptors (Lipinski definition) is 1. The summed E-state index contributed by atoms with van der Waals surface area (Å²) in [6.45, 7) is 16.3. The van der Waals surface area contributed by atoms with Crippen LogP contribution in [0.2, 0.25) is 18.1 Å². The predicted molar refractivity (Wildman–Crippen MR) is 130 cm³/mol. The minimum absolute atomic E-state index is 0.0157. The second-order valence-corrected chi connectivity index (χ2v) is 16.9. The number of unbranched alkanes of at least 4 members (excludes halogenated alkanes) is 9. The third-order valence-electron chi connectivity index (χ3n) is 6.00. The number of rotatable bonds is 15. The fraction of sp³-hybridized carbons (Fsp3) is 1.00. The highest BCUT2D eigenvalue weighted by Crippen LogP contribution is 2.41. The van der Waals surface area contributed by atoms with E-state index in [4.69, 9.17) is 4.43 Å². The zero-order valence-electron chi connectivity index (χ0n) is 18.7. The molecule has 0 N–H and O–H groups in total. The fourth-order valence-corrected chi connectivity index (χ4v) is 5.22. The standard InChI is InChI=1S/C22H46Br2OSi/c1-8-9-10-11-12-13-14-15-16-17-18-20(22(5,24)19-23)25-26(6,7)21(2,3)4/h20H,8-19H2,1-7H3. The lowest BCUT2D eigenvalue weighted by Crippen LogP contribution is -2.49. The second kappa shape index (κ2) is 13.4. The first-order chi connectivity index (χ1) is 12.0. The molecule has 4 heteroatoms. The van der Waals surface area contributed by atoms with Gasteiger partial charge < -0.3 is 4.43 Å². The molecule has 2 unspecified atom stereocenters. The molecule has 0 aromatic carbocycles. The minimum Gasteiger partial charge on any atom is -0.412 e. The van der Waals surface area contributed by atoms with Gasteiger partial charge in [-0.1, -0.05) is 124 Å². The van der Waals surface area contributed by atoms with Crippen LogP contribution in [0.5, 0.6) is 0 Å². The van der Waals surface area contributed by atoms with Crippen LogP contribution >= 0.6 is 31.9 Å². The van der Waals surface area contributed by atoms with Crippen molar-refractivity contribution in [3.8, 4) is 0 Å². The van der Waals surface area contributed by atoms with E-state index in [9.17, 15) is 0 Å². The van der Waals surface area contributed by atoms with Gasteiger partial charge in [-0.05, 0) is 31.5 Å². The smallest absolute Gasteiger partial charge is 0.192 e. The maximum Gasteiger partial charge on any atom is 0.192 e. The first kappa shape index (κ1) is 27.1. The molecule has 0 rings (SSSR count). The maximum atomic E-state index is 6.80. The van der Waals surface area contributed by atoms with Gasteiger partial charge in [0.2, 0.25) is 0 Å². The van der Waals surface area contributed by atoms with Crippen molar-refractivity contribution < 1.29 is 4.43 Å². The van der Waals surface area contributed by atoms with Crippen molar-refractivity contribution in [3.63, 3.8) is 0 Å². The highest BCUT2D eigenvalue weighted by molar-refractivity contribution is 9.12. The van der Waals surface area contributed by atoms with E-state index in [-0.39, 0.29) is 15.5 Å². The Hall–Kier alpha value is 1.14. The van der Waals surface area contributed by atoms with E-state index in [0.29, 0.717) is 0 Å². The Balaban J connectivity index is 4.23. The summed E-state index contributed by atoms with van der Waals surface area (Å²) >= 11 is 7.63. The van der Waals surface area contributed by atoms with Gasteiger partial charge in [-0.25, -0.2) is 0 Å². The van der Waals surface area contributed by atoms with Crippen LogP contribution in [0.3, 0.4) is 0 Å². The molecule has 26 heavy (non-hydrogen) atoms. The molecule has 0 radical (unpaired) electrons. The highest BCUT2D eigenvalue weighted by Gasteiger charge is 2.42. The molecule has 0 saturated heterocycles. The van der Waals surface area contributed by atoms with Gasteiger partial charge in [-0.15, -0.1) is 0 Å². The zero-order chi connectivity index (χ0) is 20.3. The van der Waals surface area contributed by atoms with E-state index in [1.54, 1.807) is 0 Å². The molecule has 0 aliphatic rings. The van der Waals surface area contributed by atoms with Gasteiger partial charge in [0.25, 0.3) is 0 Å². The fourth-order valence-electron chi connectivity index (χ4n) is 2.92. The predicted octanol–water partition coefficient (Wildman–Crippen LogP) is 9.24. The molecule has 158 valence electrons. The van der Waals surface area contributed by atoms with Crippen molar-refractivity contribution in [3.05, 3.63) is 0 Å². The van der Waals surface area contributed by atoms with Crippen LogP contribution in [0.4, 0.5) is 0 Å². The topological polar surface area (TPSA) is 9.23 Å². The van der Waals surface area contributed by atoms with Crippen LogP contribution in [-0.2, 0) is 4.43 Å². The summed E-state index contributed by atoms with van der Waals surface area (Å²) in [6, 6.07) is 0. The van der Waals surface area contributed by atoms with E-state index in [1.807, 2.05) is 0 Å². The summed E-state index contributed by atoms with van der Waals surface area (Å²) < 4.78 is 6.82. The number of alkyl halides is 2. The van der Waals surface area contributed by atoms with Crippen LogP contribution in [-0.4, -0.2) is 24.1 Å². The van der Waals surface area contributed by atoms with Crippen molar-refractivity contribution in [1.82, 2.24) is 0 Å². The summed E-state index contributed by atoms with van der Waals surface area (Å²) in [6.07, 6.45) is 15.3.